The molecule has 1 aromatic heterocycles. The third-order valence-corrected chi connectivity index (χ3v) is 6.25. The van der Waals surface area contributed by atoms with Gasteiger partial charge in [-0.2, -0.15) is 31.4 Å². The zero-order valence-electron chi connectivity index (χ0n) is 19.5. The number of rotatable bonds is 6. The Morgan fingerprint density at radius 1 is 1.05 bits per heavy atom. The number of halogens is 7. The predicted octanol–water partition coefficient (Wildman–Crippen LogP) is 5.76. The smallest absolute Gasteiger partial charge is 0.369 e. The highest BCUT2D eigenvalue weighted by Crippen LogP contribution is 2.40. The number of piperidine rings is 1. The molecule has 3 atom stereocenters. The molecule has 200 valence electrons. The van der Waals surface area contributed by atoms with Crippen LogP contribution in [0, 0.1) is 5.82 Å². The maximum Gasteiger partial charge on any atom is 0.416 e. The maximum absolute atomic E-state index is 13.6. The van der Waals surface area contributed by atoms with Gasteiger partial charge in [0, 0.05) is 0 Å². The van der Waals surface area contributed by atoms with Crippen LogP contribution in [-0.4, -0.2) is 32.7 Å². The summed E-state index contributed by atoms with van der Waals surface area (Å²) in [6.07, 6.45) is -10.7. The molecule has 0 radical (unpaired) electrons. The standard InChI is InChI=1S/C24H23F7N4O2/c1-13(15-9-16(23(26,27)28)11-17(10-15)24(29,30)31)37-19-3-2-8-35(12-20-32-22(36)34-33-20)21(19)14-4-6-18(25)7-5-14/h4-7,9-11,13,19,21H,2-3,8,12H2,1H3,(H2,32,33,34,36)/t13-,19+,21+/m1/s1. The van der Waals surface area contributed by atoms with E-state index in [1.54, 1.807) is 12.1 Å². The van der Waals surface area contributed by atoms with Crippen molar-refractivity contribution in [2.24, 2.45) is 0 Å². The molecule has 0 saturated carbocycles. The second-order valence-corrected chi connectivity index (χ2v) is 8.89. The van der Waals surface area contributed by atoms with Gasteiger partial charge in [0.15, 0.2) is 0 Å². The summed E-state index contributed by atoms with van der Waals surface area (Å²) in [6, 6.07) is 6.43. The lowest BCUT2D eigenvalue weighted by Crippen LogP contribution is -2.43. The van der Waals surface area contributed by atoms with Crippen molar-refractivity contribution in [1.82, 2.24) is 20.1 Å². The Bertz CT molecular complexity index is 1240. The number of H-pyrrole nitrogens is 2. The quantitative estimate of drug-likeness (QED) is 0.396. The number of aromatic amines is 2. The van der Waals surface area contributed by atoms with E-state index in [1.165, 1.54) is 19.1 Å². The molecule has 1 fully saturated rings. The molecule has 13 heteroatoms. The van der Waals surface area contributed by atoms with Crippen molar-refractivity contribution >= 4 is 0 Å². The van der Waals surface area contributed by atoms with E-state index in [4.69, 9.17) is 4.74 Å². The minimum Gasteiger partial charge on any atom is -0.369 e. The van der Waals surface area contributed by atoms with Crippen LogP contribution in [0.25, 0.3) is 0 Å². The zero-order valence-corrected chi connectivity index (χ0v) is 19.5. The molecule has 0 spiro atoms. The minimum absolute atomic E-state index is 0.0739. The van der Waals surface area contributed by atoms with Gasteiger partial charge in [-0.05, 0) is 67.8 Å². The van der Waals surface area contributed by atoms with Gasteiger partial charge in [-0.3, -0.25) is 9.88 Å². The van der Waals surface area contributed by atoms with Crippen LogP contribution < -0.4 is 5.69 Å². The number of benzene rings is 2. The first-order chi connectivity index (χ1) is 17.3. The van der Waals surface area contributed by atoms with Gasteiger partial charge in [0.2, 0.25) is 0 Å². The van der Waals surface area contributed by atoms with Gasteiger partial charge in [-0.1, -0.05) is 12.1 Å². The van der Waals surface area contributed by atoms with Crippen LogP contribution in [0.5, 0.6) is 0 Å². The average Bonchev–Trinajstić information content (AvgIpc) is 3.23. The molecule has 4 rings (SSSR count). The van der Waals surface area contributed by atoms with Crippen molar-refractivity contribution in [1.29, 1.82) is 0 Å². The predicted molar refractivity (Wildman–Crippen MR) is 118 cm³/mol. The molecule has 3 aromatic rings. The number of hydrogen-bond donors (Lipinski definition) is 2. The lowest BCUT2D eigenvalue weighted by molar-refractivity contribution is -0.143. The van der Waals surface area contributed by atoms with E-state index in [0.29, 0.717) is 42.9 Å². The molecule has 0 bridgehead atoms. The molecule has 2 N–H and O–H groups in total. The lowest BCUT2D eigenvalue weighted by atomic mass is 9.91. The van der Waals surface area contributed by atoms with E-state index < -0.39 is 53.2 Å². The number of alkyl halides is 6. The van der Waals surface area contributed by atoms with E-state index in [9.17, 15) is 35.5 Å². The number of aromatic nitrogens is 3. The molecular formula is C24H23F7N4O2. The van der Waals surface area contributed by atoms with Crippen molar-refractivity contribution < 1.29 is 35.5 Å². The largest absolute Gasteiger partial charge is 0.416 e. The van der Waals surface area contributed by atoms with Crippen molar-refractivity contribution in [2.45, 2.75) is 56.9 Å². The summed E-state index contributed by atoms with van der Waals surface area (Å²) >= 11 is 0. The Kier molecular flexibility index (Phi) is 7.47. The van der Waals surface area contributed by atoms with Crippen LogP contribution in [0.3, 0.4) is 0 Å². The van der Waals surface area contributed by atoms with Crippen molar-refractivity contribution in [2.75, 3.05) is 6.54 Å². The Morgan fingerprint density at radius 2 is 1.68 bits per heavy atom. The first kappa shape index (κ1) is 26.9. The first-order valence-corrected chi connectivity index (χ1v) is 11.4. The Morgan fingerprint density at radius 3 is 2.22 bits per heavy atom. The number of ether oxygens (including phenoxy) is 1. The molecule has 0 unspecified atom stereocenters. The van der Waals surface area contributed by atoms with Crippen LogP contribution in [0.4, 0.5) is 30.7 Å². The summed E-state index contributed by atoms with van der Waals surface area (Å²) in [5.74, 6) is -0.143. The summed E-state index contributed by atoms with van der Waals surface area (Å²) < 4.78 is 99.9. The molecule has 37 heavy (non-hydrogen) atoms. The Hall–Kier alpha value is -3.19. The SMILES string of the molecule is C[C@@H](O[C@H]1CCCN(Cc2n[nH]c(=O)[nH]2)[C@H]1c1ccc(F)cc1)c1cc(C(F)(F)F)cc(C(F)(F)F)c1. The fourth-order valence-electron chi connectivity index (χ4n) is 4.56. The highest BCUT2D eigenvalue weighted by atomic mass is 19.4. The lowest BCUT2D eigenvalue weighted by Gasteiger charge is -2.42. The topological polar surface area (TPSA) is 74.0 Å². The van der Waals surface area contributed by atoms with Crippen molar-refractivity contribution in [3.63, 3.8) is 0 Å². The molecule has 1 saturated heterocycles. The molecule has 0 amide bonds. The van der Waals surface area contributed by atoms with E-state index in [0.717, 1.165) is 0 Å². The summed E-state index contributed by atoms with van der Waals surface area (Å²) in [7, 11) is 0. The van der Waals surface area contributed by atoms with Gasteiger partial charge in [0.25, 0.3) is 0 Å². The van der Waals surface area contributed by atoms with Gasteiger partial charge in [-0.15, -0.1) is 0 Å². The van der Waals surface area contributed by atoms with Gasteiger partial charge in [-0.25, -0.2) is 14.3 Å². The van der Waals surface area contributed by atoms with Crippen molar-refractivity contribution in [3.05, 3.63) is 86.8 Å². The normalized spacial score (nSPS) is 20.2. The summed E-state index contributed by atoms with van der Waals surface area (Å²) in [5, 5.41) is 6.17. The first-order valence-electron chi connectivity index (χ1n) is 11.4. The van der Waals surface area contributed by atoms with Gasteiger partial charge in [0.05, 0.1) is 35.9 Å². The molecular weight excluding hydrogens is 509 g/mol. The fraction of sp³-hybridized carbons (Fsp3) is 0.417. The molecule has 2 aromatic carbocycles. The number of nitrogens with zero attached hydrogens (tertiary/aromatic N) is 2. The highest BCUT2D eigenvalue weighted by Gasteiger charge is 2.39. The second-order valence-electron chi connectivity index (χ2n) is 8.89. The molecule has 1 aliphatic rings. The van der Waals surface area contributed by atoms with Crippen LogP contribution in [0.2, 0.25) is 0 Å². The van der Waals surface area contributed by atoms with Gasteiger partial charge in [0.1, 0.15) is 11.6 Å². The Balaban J connectivity index is 1.66. The maximum atomic E-state index is 13.6. The van der Waals surface area contributed by atoms with Gasteiger partial charge < -0.3 is 4.74 Å². The number of likely N-dealkylation sites (tertiary alicyclic amines) is 1. The average molecular weight is 532 g/mol. The van der Waals surface area contributed by atoms with Gasteiger partial charge >= 0.3 is 18.0 Å². The summed E-state index contributed by atoms with van der Waals surface area (Å²) in [6.45, 7) is 2.10. The monoisotopic (exact) mass is 532 g/mol. The third-order valence-electron chi connectivity index (χ3n) is 6.25. The second kappa shape index (κ2) is 10.3. The van der Waals surface area contributed by atoms with E-state index >= 15 is 0 Å². The van der Waals surface area contributed by atoms with Crippen LogP contribution in [0.1, 0.15) is 60.0 Å². The van der Waals surface area contributed by atoms with E-state index in [1.807, 2.05) is 4.90 Å². The number of nitrogens with one attached hydrogen (secondary N) is 2. The molecule has 1 aliphatic heterocycles. The zero-order chi connectivity index (χ0) is 27.0. The van der Waals surface area contributed by atoms with Crippen LogP contribution in [-0.2, 0) is 23.6 Å². The van der Waals surface area contributed by atoms with Crippen LogP contribution >= 0.6 is 0 Å². The molecule has 0 aliphatic carbocycles. The summed E-state index contributed by atoms with van der Waals surface area (Å²) in [4.78, 5) is 15.9. The third kappa shape index (κ3) is 6.39. The number of hydrogen-bond acceptors (Lipinski definition) is 4. The minimum atomic E-state index is -4.98. The molecule has 2 heterocycles. The van der Waals surface area contributed by atoms with Crippen molar-refractivity contribution in [3.8, 4) is 0 Å². The van der Waals surface area contributed by atoms with Crippen LogP contribution in [0.15, 0.2) is 47.3 Å². The highest BCUT2D eigenvalue weighted by molar-refractivity contribution is 5.35. The summed E-state index contributed by atoms with van der Waals surface area (Å²) in [5.41, 5.74) is -2.98. The molecule has 6 nitrogen and oxygen atoms in total. The van der Waals surface area contributed by atoms with E-state index in [-0.39, 0.29) is 18.2 Å². The fourth-order valence-corrected chi connectivity index (χ4v) is 4.56. The Labute approximate surface area is 206 Å². The van der Waals surface area contributed by atoms with E-state index in [2.05, 4.69) is 15.2 Å².